The molecule has 3 aromatic rings. The van der Waals surface area contributed by atoms with Gasteiger partial charge >= 0.3 is 6.09 Å². The first kappa shape index (κ1) is 27.8. The number of rotatable bonds is 8. The molecule has 1 aliphatic heterocycles. The van der Waals surface area contributed by atoms with E-state index in [-0.39, 0.29) is 42.7 Å². The Morgan fingerprint density at radius 3 is 2.56 bits per heavy atom. The summed E-state index contributed by atoms with van der Waals surface area (Å²) in [6, 6.07) is 5.51. The molecule has 0 spiro atoms. The molecule has 4 heterocycles. The SMILES string of the molecule is COCC(=O)NCc1ccc(-c2cc3c(N[C@@H]4CN(C(=O)OC(C)(C)C)C[C@@H]4C)c(C(N)=O)cnn3c2)cn1. The molecule has 2 atom stereocenters. The molecule has 208 valence electrons. The van der Waals surface area contributed by atoms with Crippen molar-refractivity contribution in [1.82, 2.24) is 24.8 Å². The molecule has 4 N–H and O–H groups in total. The first-order valence-corrected chi connectivity index (χ1v) is 12.7. The molecule has 1 saturated heterocycles. The Balaban J connectivity index is 1.57. The van der Waals surface area contributed by atoms with Gasteiger partial charge in [0.25, 0.3) is 5.91 Å². The molecule has 0 radical (unpaired) electrons. The summed E-state index contributed by atoms with van der Waals surface area (Å²) < 4.78 is 12.0. The molecule has 0 aromatic carbocycles. The summed E-state index contributed by atoms with van der Waals surface area (Å²) in [5, 5.41) is 10.6. The van der Waals surface area contributed by atoms with Crippen LogP contribution in [0.3, 0.4) is 0 Å². The topological polar surface area (TPSA) is 153 Å². The van der Waals surface area contributed by atoms with Crippen molar-refractivity contribution in [2.45, 2.75) is 45.9 Å². The number of methoxy groups -OCH3 is 1. The molecule has 4 rings (SSSR count). The van der Waals surface area contributed by atoms with Crippen molar-refractivity contribution in [1.29, 1.82) is 0 Å². The second-order valence-electron chi connectivity index (χ2n) is 10.7. The van der Waals surface area contributed by atoms with Crippen molar-refractivity contribution in [2.24, 2.45) is 11.7 Å². The van der Waals surface area contributed by atoms with E-state index >= 15 is 0 Å². The molecule has 0 unspecified atom stereocenters. The summed E-state index contributed by atoms with van der Waals surface area (Å²) in [4.78, 5) is 42.7. The fraction of sp³-hybridized carbons (Fsp3) is 0.444. The van der Waals surface area contributed by atoms with Crippen molar-refractivity contribution in [2.75, 3.05) is 32.1 Å². The summed E-state index contributed by atoms with van der Waals surface area (Å²) in [5.74, 6) is -0.724. The fourth-order valence-corrected chi connectivity index (χ4v) is 4.44. The number of ether oxygens (including phenoxy) is 2. The molecule has 3 amide bonds. The summed E-state index contributed by atoms with van der Waals surface area (Å²) in [7, 11) is 1.46. The molecule has 1 aliphatic rings. The van der Waals surface area contributed by atoms with Gasteiger partial charge in [0.1, 0.15) is 12.2 Å². The highest BCUT2D eigenvalue weighted by atomic mass is 16.6. The predicted octanol–water partition coefficient (Wildman–Crippen LogP) is 2.43. The Kier molecular flexibility index (Phi) is 8.05. The van der Waals surface area contributed by atoms with Gasteiger partial charge in [0, 0.05) is 49.8 Å². The van der Waals surface area contributed by atoms with E-state index in [1.54, 1.807) is 15.6 Å². The third-order valence-corrected chi connectivity index (χ3v) is 6.40. The Labute approximate surface area is 226 Å². The van der Waals surface area contributed by atoms with E-state index in [0.29, 0.717) is 30.0 Å². The van der Waals surface area contributed by atoms with Gasteiger partial charge in [0.05, 0.1) is 35.2 Å². The lowest BCUT2D eigenvalue weighted by molar-refractivity contribution is -0.124. The highest BCUT2D eigenvalue weighted by Crippen LogP contribution is 2.31. The minimum atomic E-state index is -0.605. The number of hydrogen-bond donors (Lipinski definition) is 3. The number of likely N-dealkylation sites (tertiary alicyclic amines) is 1. The van der Waals surface area contributed by atoms with Crippen molar-refractivity contribution in [3.63, 3.8) is 0 Å². The van der Waals surface area contributed by atoms with E-state index in [2.05, 4.69) is 20.7 Å². The number of nitrogens with one attached hydrogen (secondary N) is 2. The van der Waals surface area contributed by atoms with E-state index in [0.717, 1.165) is 11.1 Å². The second-order valence-corrected chi connectivity index (χ2v) is 10.7. The third kappa shape index (κ3) is 6.63. The van der Waals surface area contributed by atoms with Crippen LogP contribution in [0.2, 0.25) is 0 Å². The maximum absolute atomic E-state index is 12.6. The van der Waals surface area contributed by atoms with Crippen LogP contribution in [-0.4, -0.2) is 75.9 Å². The zero-order valence-electron chi connectivity index (χ0n) is 22.9. The number of carbonyl (C=O) groups excluding carboxylic acids is 3. The van der Waals surface area contributed by atoms with Gasteiger partial charge < -0.3 is 30.7 Å². The van der Waals surface area contributed by atoms with Gasteiger partial charge in [-0.15, -0.1) is 0 Å². The number of aromatic nitrogens is 3. The minimum Gasteiger partial charge on any atom is -0.444 e. The van der Waals surface area contributed by atoms with Crippen molar-refractivity contribution >= 4 is 29.1 Å². The van der Waals surface area contributed by atoms with Crippen molar-refractivity contribution in [3.05, 3.63) is 48.0 Å². The number of amides is 3. The number of primary amides is 1. The Hall–Kier alpha value is -4.19. The number of pyridine rings is 1. The van der Waals surface area contributed by atoms with Crippen LogP contribution in [0.1, 0.15) is 43.7 Å². The van der Waals surface area contributed by atoms with Crippen molar-refractivity contribution < 1.29 is 23.9 Å². The molecule has 0 saturated carbocycles. The van der Waals surface area contributed by atoms with Gasteiger partial charge in [0.15, 0.2) is 0 Å². The molecule has 0 aliphatic carbocycles. The molecule has 12 heteroatoms. The maximum atomic E-state index is 12.6. The van der Waals surface area contributed by atoms with Crippen LogP contribution in [0.15, 0.2) is 36.8 Å². The first-order valence-electron chi connectivity index (χ1n) is 12.7. The molecule has 3 aromatic heterocycles. The Bertz CT molecular complexity index is 1360. The lowest BCUT2D eigenvalue weighted by Crippen LogP contribution is -2.36. The molecule has 39 heavy (non-hydrogen) atoms. The molecular formula is C27H35N7O5. The fourth-order valence-electron chi connectivity index (χ4n) is 4.44. The summed E-state index contributed by atoms with van der Waals surface area (Å²) >= 11 is 0. The highest BCUT2D eigenvalue weighted by Gasteiger charge is 2.35. The smallest absolute Gasteiger partial charge is 0.410 e. The quantitative estimate of drug-likeness (QED) is 0.396. The normalized spacial score (nSPS) is 17.3. The average Bonchev–Trinajstić information content (AvgIpc) is 3.46. The number of nitrogens with zero attached hydrogens (tertiary/aromatic N) is 4. The second kappa shape index (κ2) is 11.3. The largest absolute Gasteiger partial charge is 0.444 e. The van der Waals surface area contributed by atoms with E-state index in [9.17, 15) is 14.4 Å². The van der Waals surface area contributed by atoms with Crippen LogP contribution in [0, 0.1) is 5.92 Å². The van der Waals surface area contributed by atoms with Crippen LogP contribution < -0.4 is 16.4 Å². The zero-order valence-corrected chi connectivity index (χ0v) is 22.9. The first-order chi connectivity index (χ1) is 18.4. The summed E-state index contributed by atoms with van der Waals surface area (Å²) in [6.07, 6.45) is 4.63. The number of hydrogen-bond acceptors (Lipinski definition) is 8. The van der Waals surface area contributed by atoms with Gasteiger partial charge in [-0.05, 0) is 38.8 Å². The van der Waals surface area contributed by atoms with Gasteiger partial charge in [0.2, 0.25) is 5.91 Å². The van der Waals surface area contributed by atoms with Gasteiger partial charge in [-0.25, -0.2) is 9.31 Å². The van der Waals surface area contributed by atoms with Crippen LogP contribution in [0.25, 0.3) is 16.6 Å². The van der Waals surface area contributed by atoms with E-state index in [4.69, 9.17) is 15.2 Å². The monoisotopic (exact) mass is 537 g/mol. The minimum absolute atomic E-state index is 0.00919. The lowest BCUT2D eigenvalue weighted by atomic mass is 10.1. The molecule has 0 bridgehead atoms. The summed E-state index contributed by atoms with van der Waals surface area (Å²) in [5.41, 5.74) is 8.97. The predicted molar refractivity (Wildman–Crippen MR) is 145 cm³/mol. The van der Waals surface area contributed by atoms with Gasteiger partial charge in [-0.3, -0.25) is 14.6 Å². The van der Waals surface area contributed by atoms with Gasteiger partial charge in [-0.2, -0.15) is 5.10 Å². The number of nitrogens with two attached hydrogens (primary N) is 1. The maximum Gasteiger partial charge on any atom is 0.410 e. The van der Waals surface area contributed by atoms with Crippen molar-refractivity contribution in [3.8, 4) is 11.1 Å². The zero-order chi connectivity index (χ0) is 28.3. The van der Waals surface area contributed by atoms with Crippen LogP contribution in [-0.2, 0) is 20.8 Å². The average molecular weight is 538 g/mol. The van der Waals surface area contributed by atoms with Crippen LogP contribution >= 0.6 is 0 Å². The summed E-state index contributed by atoms with van der Waals surface area (Å²) in [6.45, 7) is 8.77. The molecule has 12 nitrogen and oxygen atoms in total. The van der Waals surface area contributed by atoms with Crippen LogP contribution in [0.4, 0.5) is 10.5 Å². The third-order valence-electron chi connectivity index (χ3n) is 6.40. The standard InChI is InChI=1S/C27H35N7O5/c1-16-12-33(26(37)39-27(2,3)4)14-21(16)32-24-20(25(28)36)11-31-34-13-18(8-22(24)34)17-6-7-19(29-9-17)10-30-23(35)15-38-5/h6-9,11,13,16,21,32H,10,12,14-15H2,1-5H3,(H2,28,36)(H,30,35)/t16-,21+/m0/s1. The van der Waals surface area contributed by atoms with Gasteiger partial charge in [-0.1, -0.05) is 13.0 Å². The van der Waals surface area contributed by atoms with Crippen LogP contribution in [0.5, 0.6) is 0 Å². The highest BCUT2D eigenvalue weighted by molar-refractivity contribution is 6.02. The lowest BCUT2D eigenvalue weighted by Gasteiger charge is -2.24. The van der Waals surface area contributed by atoms with E-state index < -0.39 is 11.5 Å². The number of fused-ring (bicyclic) bond motifs is 1. The molecular weight excluding hydrogens is 502 g/mol. The number of anilines is 1. The Morgan fingerprint density at radius 2 is 1.92 bits per heavy atom. The van der Waals surface area contributed by atoms with E-state index in [1.807, 2.05) is 52.1 Å². The number of carbonyl (C=O) groups is 3. The Morgan fingerprint density at radius 1 is 1.15 bits per heavy atom. The molecule has 1 fully saturated rings. The van der Waals surface area contributed by atoms with E-state index in [1.165, 1.54) is 13.3 Å².